The number of H-pyrrole nitrogens is 2. The molecule has 0 radical (unpaired) electrons. The first-order valence-corrected chi connectivity index (χ1v) is 12.9. The summed E-state index contributed by atoms with van der Waals surface area (Å²) in [6, 6.07) is 6.00. The van der Waals surface area contributed by atoms with Gasteiger partial charge in [0.25, 0.3) is 0 Å². The molecule has 9 nitrogen and oxygen atoms in total. The summed E-state index contributed by atoms with van der Waals surface area (Å²) >= 11 is 0. The smallest absolute Gasteiger partial charge is 0.161 e. The van der Waals surface area contributed by atoms with Crippen LogP contribution < -0.4 is 5.32 Å². The SMILES string of the molecule is C=C/C=C(\c1nc(-c2n[nH]c3ccc(-c4cncc(NC(=C)C(C)C)c4)nc23)[nH]c1C)N1CCN(C)CC1. The Labute approximate surface area is 223 Å². The number of nitrogens with zero attached hydrogens (tertiary/aromatic N) is 6. The lowest BCUT2D eigenvalue weighted by Gasteiger charge is -2.35. The zero-order valence-corrected chi connectivity index (χ0v) is 22.5. The molecule has 5 rings (SSSR count). The molecule has 196 valence electrons. The van der Waals surface area contributed by atoms with E-state index in [2.05, 4.69) is 69.3 Å². The Balaban J connectivity index is 1.49. The van der Waals surface area contributed by atoms with Crippen LogP contribution >= 0.6 is 0 Å². The Hall–Kier alpha value is -4.24. The van der Waals surface area contributed by atoms with Gasteiger partial charge in [-0.3, -0.25) is 10.1 Å². The predicted octanol–water partition coefficient (Wildman–Crippen LogP) is 5.07. The largest absolute Gasteiger partial charge is 0.367 e. The van der Waals surface area contributed by atoms with Gasteiger partial charge in [-0.2, -0.15) is 5.10 Å². The number of nitrogens with one attached hydrogen (secondary N) is 3. The molecule has 1 aliphatic rings. The van der Waals surface area contributed by atoms with Crippen molar-refractivity contribution in [3.8, 4) is 22.8 Å². The van der Waals surface area contributed by atoms with Gasteiger partial charge in [-0.15, -0.1) is 0 Å². The number of anilines is 1. The van der Waals surface area contributed by atoms with Gasteiger partial charge < -0.3 is 20.1 Å². The molecular formula is C29H35N9. The van der Waals surface area contributed by atoms with E-state index in [4.69, 9.17) is 9.97 Å². The van der Waals surface area contributed by atoms with Gasteiger partial charge in [0.05, 0.1) is 28.8 Å². The Bertz CT molecular complexity index is 1500. The Morgan fingerprint density at radius 1 is 1.13 bits per heavy atom. The molecule has 1 saturated heterocycles. The summed E-state index contributed by atoms with van der Waals surface area (Å²) in [4.78, 5) is 22.5. The molecule has 3 N–H and O–H groups in total. The van der Waals surface area contributed by atoms with Gasteiger partial charge >= 0.3 is 0 Å². The monoisotopic (exact) mass is 509 g/mol. The van der Waals surface area contributed by atoms with E-state index in [9.17, 15) is 0 Å². The Morgan fingerprint density at radius 2 is 1.92 bits per heavy atom. The Morgan fingerprint density at radius 3 is 2.66 bits per heavy atom. The van der Waals surface area contributed by atoms with Gasteiger partial charge in [0.1, 0.15) is 11.2 Å². The minimum Gasteiger partial charge on any atom is -0.367 e. The van der Waals surface area contributed by atoms with E-state index in [0.29, 0.717) is 17.4 Å². The van der Waals surface area contributed by atoms with E-state index < -0.39 is 0 Å². The highest BCUT2D eigenvalue weighted by atomic mass is 15.3. The third-order valence-electron chi connectivity index (χ3n) is 6.91. The normalized spacial score (nSPS) is 14.9. The average Bonchev–Trinajstić information content (AvgIpc) is 3.50. The molecular weight excluding hydrogens is 474 g/mol. The van der Waals surface area contributed by atoms with Gasteiger partial charge in [0.2, 0.25) is 0 Å². The molecule has 0 aromatic carbocycles. The zero-order chi connectivity index (χ0) is 26.8. The van der Waals surface area contributed by atoms with Gasteiger partial charge in [-0.25, -0.2) is 9.97 Å². The van der Waals surface area contributed by atoms with Crippen LogP contribution in [0.25, 0.3) is 39.5 Å². The number of rotatable bonds is 8. The van der Waals surface area contributed by atoms with E-state index in [-0.39, 0.29) is 0 Å². The van der Waals surface area contributed by atoms with Crippen molar-refractivity contribution in [2.45, 2.75) is 20.8 Å². The van der Waals surface area contributed by atoms with Crippen molar-refractivity contribution in [1.82, 2.24) is 39.9 Å². The molecule has 1 fully saturated rings. The third kappa shape index (κ3) is 5.10. The highest BCUT2D eigenvalue weighted by Gasteiger charge is 2.23. The highest BCUT2D eigenvalue weighted by molar-refractivity contribution is 5.89. The van der Waals surface area contributed by atoms with Crippen molar-refractivity contribution in [3.05, 3.63) is 73.0 Å². The summed E-state index contributed by atoms with van der Waals surface area (Å²) in [5.74, 6) is 1.00. The van der Waals surface area contributed by atoms with E-state index in [1.165, 1.54) is 0 Å². The number of hydrogen-bond donors (Lipinski definition) is 3. The number of hydrogen-bond acceptors (Lipinski definition) is 7. The predicted molar refractivity (Wildman–Crippen MR) is 154 cm³/mol. The summed E-state index contributed by atoms with van der Waals surface area (Å²) in [5.41, 5.74) is 8.77. The number of aromatic nitrogens is 6. The van der Waals surface area contributed by atoms with E-state index in [1.807, 2.05) is 43.5 Å². The number of imidazole rings is 1. The van der Waals surface area contributed by atoms with E-state index in [0.717, 1.165) is 76.9 Å². The van der Waals surface area contributed by atoms with Crippen LogP contribution in [-0.4, -0.2) is 73.2 Å². The number of pyridine rings is 2. The number of aromatic amines is 2. The second-order valence-corrected chi connectivity index (χ2v) is 10.1. The van der Waals surface area contributed by atoms with Gasteiger partial charge in [0, 0.05) is 49.3 Å². The van der Waals surface area contributed by atoms with Crippen molar-refractivity contribution >= 4 is 22.4 Å². The van der Waals surface area contributed by atoms with Crippen LogP contribution in [0.3, 0.4) is 0 Å². The number of fused-ring (bicyclic) bond motifs is 1. The second-order valence-electron chi connectivity index (χ2n) is 10.1. The van der Waals surface area contributed by atoms with Crippen LogP contribution in [0.4, 0.5) is 5.69 Å². The zero-order valence-electron chi connectivity index (χ0n) is 22.5. The van der Waals surface area contributed by atoms with E-state index >= 15 is 0 Å². The lowest BCUT2D eigenvalue weighted by atomic mass is 10.1. The molecule has 0 bridgehead atoms. The lowest BCUT2D eigenvalue weighted by molar-refractivity contribution is 0.207. The van der Waals surface area contributed by atoms with Crippen LogP contribution in [-0.2, 0) is 0 Å². The number of aryl methyl sites for hydroxylation is 1. The molecule has 9 heteroatoms. The molecule has 0 atom stereocenters. The quantitative estimate of drug-likeness (QED) is 0.285. The maximum atomic E-state index is 5.00. The summed E-state index contributed by atoms with van der Waals surface area (Å²) in [7, 11) is 2.15. The van der Waals surface area contributed by atoms with Gasteiger partial charge in [0.15, 0.2) is 11.5 Å². The summed E-state index contributed by atoms with van der Waals surface area (Å²) in [6.07, 6.45) is 7.47. The molecule has 4 aromatic rings. The van der Waals surface area contributed by atoms with Crippen LogP contribution in [0.1, 0.15) is 25.2 Å². The molecule has 5 heterocycles. The topological polar surface area (TPSA) is 102 Å². The Kier molecular flexibility index (Phi) is 7.11. The van der Waals surface area contributed by atoms with Crippen molar-refractivity contribution in [3.63, 3.8) is 0 Å². The molecule has 0 amide bonds. The molecule has 0 saturated carbocycles. The fraction of sp³-hybridized carbons (Fsp3) is 0.310. The summed E-state index contributed by atoms with van der Waals surface area (Å²) < 4.78 is 0. The van der Waals surface area contributed by atoms with E-state index in [1.54, 1.807) is 6.20 Å². The second kappa shape index (κ2) is 10.6. The maximum absolute atomic E-state index is 5.00. The number of allylic oxidation sites excluding steroid dienone is 3. The molecule has 1 aliphatic heterocycles. The maximum Gasteiger partial charge on any atom is 0.161 e. The standard InChI is InChI=1S/C29H35N9/c1-7-8-25(38-13-11-37(6)12-14-38)26-20(5)32-29(34-26)28-27-24(35-36-28)10-9-23(33-27)21-15-22(17-30-16-21)31-19(4)18(2)3/h7-10,15-18,31H,1,4,11-14H2,2-3,5-6H3,(H,32,34)(H,35,36)/b25-8+. The average molecular weight is 510 g/mol. The van der Waals surface area contributed by atoms with Crippen LogP contribution in [0.2, 0.25) is 0 Å². The highest BCUT2D eigenvalue weighted by Crippen LogP contribution is 2.30. The summed E-state index contributed by atoms with van der Waals surface area (Å²) in [5, 5.41) is 11.0. The van der Waals surface area contributed by atoms with Crippen molar-refractivity contribution in [2.24, 2.45) is 5.92 Å². The number of likely N-dealkylation sites (N-methyl/N-ethyl adjacent to an activating group) is 1. The number of piperazine rings is 1. The molecule has 0 spiro atoms. The molecule has 4 aromatic heterocycles. The van der Waals surface area contributed by atoms with Gasteiger partial charge in [-0.1, -0.05) is 33.1 Å². The minimum absolute atomic E-state index is 0.321. The van der Waals surface area contributed by atoms with Crippen molar-refractivity contribution in [1.29, 1.82) is 0 Å². The molecule has 0 unspecified atom stereocenters. The molecule has 38 heavy (non-hydrogen) atoms. The van der Waals surface area contributed by atoms with Crippen LogP contribution in [0, 0.1) is 12.8 Å². The first-order chi connectivity index (χ1) is 18.3. The van der Waals surface area contributed by atoms with Crippen molar-refractivity contribution in [2.75, 3.05) is 38.5 Å². The molecule has 0 aliphatic carbocycles. The first-order valence-electron chi connectivity index (χ1n) is 12.9. The first kappa shape index (κ1) is 25.4. The summed E-state index contributed by atoms with van der Waals surface area (Å²) in [6.45, 7) is 18.2. The van der Waals surface area contributed by atoms with Crippen molar-refractivity contribution < 1.29 is 0 Å². The minimum atomic E-state index is 0.321. The third-order valence-corrected chi connectivity index (χ3v) is 6.91. The lowest BCUT2D eigenvalue weighted by Crippen LogP contribution is -2.43. The fourth-order valence-electron chi connectivity index (χ4n) is 4.52. The van der Waals surface area contributed by atoms with Crippen LogP contribution in [0.15, 0.2) is 61.6 Å². The fourth-order valence-corrected chi connectivity index (χ4v) is 4.52. The van der Waals surface area contributed by atoms with Crippen LogP contribution in [0.5, 0.6) is 0 Å². The van der Waals surface area contributed by atoms with Gasteiger partial charge in [-0.05, 0) is 44.2 Å².